The molecule has 5 nitrogen and oxygen atoms in total. The first-order valence-electron chi connectivity index (χ1n) is 10.6. The monoisotopic (exact) mass is 410 g/mol. The highest BCUT2D eigenvalue weighted by Crippen LogP contribution is 2.44. The highest BCUT2D eigenvalue weighted by Gasteiger charge is 2.36. The van der Waals surface area contributed by atoms with Crippen molar-refractivity contribution in [1.82, 2.24) is 4.98 Å². The number of phenols is 1. The van der Waals surface area contributed by atoms with Crippen molar-refractivity contribution in [2.45, 2.75) is 26.2 Å². The number of hydrogen-bond acceptors (Lipinski definition) is 5. The molecule has 1 heterocycles. The average Bonchev–Trinajstić information content (AvgIpc) is 2.80. The first-order chi connectivity index (χ1) is 15.1. The predicted molar refractivity (Wildman–Crippen MR) is 122 cm³/mol. The van der Waals surface area contributed by atoms with Gasteiger partial charge in [-0.25, -0.2) is 4.98 Å². The number of ketones is 2. The summed E-state index contributed by atoms with van der Waals surface area (Å²) < 4.78 is 0. The van der Waals surface area contributed by atoms with Crippen LogP contribution in [0.15, 0.2) is 54.6 Å². The molecule has 3 aromatic carbocycles. The fraction of sp³-hybridized carbons (Fsp3) is 0.192. The number of aromatic nitrogens is 1. The molecule has 0 amide bonds. The van der Waals surface area contributed by atoms with Crippen molar-refractivity contribution in [1.29, 1.82) is 0 Å². The average molecular weight is 410 g/mol. The van der Waals surface area contributed by atoms with E-state index in [1.165, 1.54) is 0 Å². The highest BCUT2D eigenvalue weighted by atomic mass is 16.3. The molecule has 0 fully saturated rings. The molecule has 0 saturated heterocycles. The Kier molecular flexibility index (Phi) is 4.66. The molecule has 0 aliphatic heterocycles. The number of carbonyl (C=O) groups is 2. The van der Waals surface area contributed by atoms with Crippen molar-refractivity contribution in [3.05, 3.63) is 76.9 Å². The van der Waals surface area contributed by atoms with Gasteiger partial charge in [-0.1, -0.05) is 62.2 Å². The smallest absolute Gasteiger partial charge is 0.196 e. The Bertz CT molecular complexity index is 1370. The molecular weight excluding hydrogens is 388 g/mol. The normalized spacial score (nSPS) is 12.8. The summed E-state index contributed by atoms with van der Waals surface area (Å²) in [5, 5.41) is 15.8. The minimum atomic E-state index is -0.268. The highest BCUT2D eigenvalue weighted by molar-refractivity contribution is 6.34. The van der Waals surface area contributed by atoms with E-state index in [9.17, 15) is 14.7 Å². The number of fused-ring (bicyclic) bond motifs is 5. The van der Waals surface area contributed by atoms with Crippen molar-refractivity contribution in [2.24, 2.45) is 0 Å². The molecule has 1 aliphatic rings. The molecule has 1 aliphatic carbocycles. The van der Waals surface area contributed by atoms with E-state index in [0.717, 1.165) is 24.6 Å². The van der Waals surface area contributed by atoms with E-state index in [0.29, 0.717) is 39.8 Å². The molecule has 5 rings (SSSR count). The summed E-state index contributed by atoms with van der Waals surface area (Å²) in [6.07, 6.45) is 2.99. The SMILES string of the molecule is CCCCCNc1c2c(c3nc4ccccc4cc3c1O)C(=O)c1ccccc1C2=O. The maximum Gasteiger partial charge on any atom is 0.196 e. The third-order valence-corrected chi connectivity index (χ3v) is 5.91. The van der Waals surface area contributed by atoms with Crippen LogP contribution in [0.25, 0.3) is 21.8 Å². The fourth-order valence-electron chi connectivity index (χ4n) is 4.34. The lowest BCUT2D eigenvalue weighted by Gasteiger charge is -2.23. The lowest BCUT2D eigenvalue weighted by atomic mass is 9.81. The molecule has 2 N–H and O–H groups in total. The minimum Gasteiger partial charge on any atom is -0.505 e. The van der Waals surface area contributed by atoms with Crippen molar-refractivity contribution in [3.63, 3.8) is 0 Å². The number of benzene rings is 3. The number of pyridine rings is 1. The molecule has 0 atom stereocenters. The van der Waals surface area contributed by atoms with E-state index in [1.807, 2.05) is 30.3 Å². The second-order valence-electron chi connectivity index (χ2n) is 7.89. The minimum absolute atomic E-state index is 0.0379. The topological polar surface area (TPSA) is 79.3 Å². The summed E-state index contributed by atoms with van der Waals surface area (Å²) >= 11 is 0. The van der Waals surface area contributed by atoms with Gasteiger partial charge >= 0.3 is 0 Å². The zero-order chi connectivity index (χ0) is 21.5. The van der Waals surface area contributed by atoms with Crippen LogP contribution in [0.5, 0.6) is 5.75 Å². The molecule has 0 radical (unpaired) electrons. The number of carbonyl (C=O) groups excluding carboxylic acids is 2. The maximum atomic E-state index is 13.5. The lowest BCUT2D eigenvalue weighted by molar-refractivity contribution is 0.0980. The van der Waals surface area contributed by atoms with Gasteiger partial charge in [0, 0.05) is 28.4 Å². The number of anilines is 1. The summed E-state index contributed by atoms with van der Waals surface area (Å²) in [4.78, 5) is 31.7. The summed E-state index contributed by atoms with van der Waals surface area (Å²) in [5.41, 5.74) is 2.60. The van der Waals surface area contributed by atoms with Gasteiger partial charge in [-0.2, -0.15) is 0 Å². The molecule has 5 heteroatoms. The van der Waals surface area contributed by atoms with Gasteiger partial charge in [0.15, 0.2) is 11.6 Å². The van der Waals surface area contributed by atoms with E-state index in [2.05, 4.69) is 12.2 Å². The molecule has 1 aromatic heterocycles. The van der Waals surface area contributed by atoms with Crippen LogP contribution in [0.3, 0.4) is 0 Å². The summed E-state index contributed by atoms with van der Waals surface area (Å²) in [6, 6.07) is 16.2. The van der Waals surface area contributed by atoms with Crippen molar-refractivity contribution < 1.29 is 14.7 Å². The first-order valence-corrected chi connectivity index (χ1v) is 10.6. The molecule has 0 spiro atoms. The molecule has 0 unspecified atom stereocenters. The van der Waals surface area contributed by atoms with Crippen LogP contribution in [-0.2, 0) is 0 Å². The van der Waals surface area contributed by atoms with Gasteiger partial charge in [-0.15, -0.1) is 0 Å². The van der Waals surface area contributed by atoms with E-state index >= 15 is 0 Å². The van der Waals surface area contributed by atoms with Gasteiger partial charge in [0.1, 0.15) is 5.75 Å². The van der Waals surface area contributed by atoms with Gasteiger partial charge in [0.25, 0.3) is 0 Å². The van der Waals surface area contributed by atoms with Crippen LogP contribution in [0.4, 0.5) is 5.69 Å². The standard InChI is InChI=1S/C26H22N2O3/c1-2-3-8-13-27-23-21-20(24(29)16-10-5-6-11-17(16)25(21)30)22-18(26(23)31)14-15-9-4-7-12-19(15)28-22/h4-7,9-12,14,27,31H,2-3,8,13H2,1H3. The lowest BCUT2D eigenvalue weighted by Crippen LogP contribution is -2.23. The molecular formula is C26H22N2O3. The summed E-state index contributed by atoms with van der Waals surface area (Å²) in [6.45, 7) is 2.72. The Morgan fingerprint density at radius 3 is 2.32 bits per heavy atom. The quantitative estimate of drug-likeness (QED) is 0.228. The molecule has 0 saturated carbocycles. The van der Waals surface area contributed by atoms with Gasteiger partial charge < -0.3 is 10.4 Å². The second-order valence-corrected chi connectivity index (χ2v) is 7.89. The largest absolute Gasteiger partial charge is 0.505 e. The van der Waals surface area contributed by atoms with E-state index < -0.39 is 0 Å². The number of para-hydroxylation sites is 1. The fourth-order valence-corrected chi connectivity index (χ4v) is 4.34. The Hall–Kier alpha value is -3.73. The zero-order valence-corrected chi connectivity index (χ0v) is 17.2. The Morgan fingerprint density at radius 2 is 1.58 bits per heavy atom. The maximum absolute atomic E-state index is 13.5. The molecule has 31 heavy (non-hydrogen) atoms. The number of nitrogens with one attached hydrogen (secondary N) is 1. The number of hydrogen-bond donors (Lipinski definition) is 2. The van der Waals surface area contributed by atoms with Crippen molar-refractivity contribution >= 4 is 39.1 Å². The third-order valence-electron chi connectivity index (χ3n) is 5.91. The number of nitrogens with zero attached hydrogens (tertiary/aromatic N) is 1. The number of aromatic hydroxyl groups is 1. The van der Waals surface area contributed by atoms with E-state index in [-0.39, 0.29) is 28.4 Å². The first kappa shape index (κ1) is 19.2. The Balaban J connectivity index is 1.83. The third kappa shape index (κ3) is 2.96. The van der Waals surface area contributed by atoms with Crippen LogP contribution in [0.1, 0.15) is 58.0 Å². The summed E-state index contributed by atoms with van der Waals surface area (Å²) in [5.74, 6) is -0.547. The molecule has 154 valence electrons. The van der Waals surface area contributed by atoms with Crippen molar-refractivity contribution in [3.8, 4) is 5.75 Å². The predicted octanol–water partition coefficient (Wildman–Crippen LogP) is 5.47. The van der Waals surface area contributed by atoms with Crippen LogP contribution < -0.4 is 5.32 Å². The zero-order valence-electron chi connectivity index (χ0n) is 17.2. The van der Waals surface area contributed by atoms with E-state index in [1.54, 1.807) is 24.3 Å². The van der Waals surface area contributed by atoms with E-state index in [4.69, 9.17) is 4.98 Å². The van der Waals surface area contributed by atoms with Gasteiger partial charge in [0.2, 0.25) is 0 Å². The number of phenolic OH excluding ortho intramolecular Hbond substituents is 1. The van der Waals surface area contributed by atoms with Gasteiger partial charge in [-0.05, 0) is 18.6 Å². The van der Waals surface area contributed by atoms with Crippen molar-refractivity contribution in [2.75, 3.05) is 11.9 Å². The Morgan fingerprint density at radius 1 is 0.903 bits per heavy atom. The van der Waals surface area contributed by atoms with Crippen LogP contribution in [-0.4, -0.2) is 28.2 Å². The number of rotatable bonds is 5. The molecule has 4 aromatic rings. The van der Waals surface area contributed by atoms with Gasteiger partial charge in [-0.3, -0.25) is 9.59 Å². The number of unbranched alkanes of at least 4 members (excludes halogenated alkanes) is 2. The Labute approximate surface area is 179 Å². The van der Waals surface area contributed by atoms with Gasteiger partial charge in [0.05, 0.1) is 27.8 Å². The van der Waals surface area contributed by atoms with Crippen LogP contribution in [0.2, 0.25) is 0 Å². The van der Waals surface area contributed by atoms with Crippen LogP contribution in [0, 0.1) is 0 Å². The second kappa shape index (κ2) is 7.51. The molecule has 0 bridgehead atoms. The summed E-state index contributed by atoms with van der Waals surface area (Å²) in [7, 11) is 0. The van der Waals surface area contributed by atoms with Crippen LogP contribution >= 0.6 is 0 Å².